The average molecular weight is 254 g/mol. The van der Waals surface area contributed by atoms with Gasteiger partial charge in [0.05, 0.1) is 0 Å². The van der Waals surface area contributed by atoms with Crippen LogP contribution in [0.5, 0.6) is 0 Å². The van der Waals surface area contributed by atoms with E-state index in [0.29, 0.717) is 6.04 Å². The van der Waals surface area contributed by atoms with Gasteiger partial charge in [0, 0.05) is 18.3 Å². The van der Waals surface area contributed by atoms with Crippen LogP contribution in [0, 0.1) is 5.92 Å². The Balaban J connectivity index is 1.68. The number of rotatable bonds is 4. The third kappa shape index (κ3) is 4.53. The predicted molar refractivity (Wildman–Crippen MR) is 77.8 cm³/mol. The highest BCUT2D eigenvalue weighted by atomic mass is 32.2. The quantitative estimate of drug-likeness (QED) is 0.825. The molecule has 1 atom stereocenters. The van der Waals surface area contributed by atoms with Crippen molar-refractivity contribution in [2.45, 2.75) is 64.3 Å². The van der Waals surface area contributed by atoms with Gasteiger partial charge in [-0.25, -0.2) is 0 Å². The lowest BCUT2D eigenvalue weighted by molar-refractivity contribution is 0.343. The summed E-state index contributed by atoms with van der Waals surface area (Å²) in [4.78, 5) is 4.74. The van der Waals surface area contributed by atoms with E-state index in [1.807, 2.05) is 11.8 Å². The van der Waals surface area contributed by atoms with Crippen molar-refractivity contribution < 1.29 is 0 Å². The van der Waals surface area contributed by atoms with Gasteiger partial charge < -0.3 is 5.32 Å². The van der Waals surface area contributed by atoms with E-state index in [0.717, 1.165) is 12.5 Å². The van der Waals surface area contributed by atoms with E-state index in [-0.39, 0.29) is 0 Å². The number of nitrogens with zero attached hydrogens (tertiary/aromatic N) is 1. The highest BCUT2D eigenvalue weighted by Gasteiger charge is 2.16. The van der Waals surface area contributed by atoms with Crippen molar-refractivity contribution in [2.75, 3.05) is 12.3 Å². The number of amidine groups is 1. The van der Waals surface area contributed by atoms with Crippen LogP contribution >= 0.6 is 11.8 Å². The van der Waals surface area contributed by atoms with Crippen LogP contribution in [0.2, 0.25) is 0 Å². The predicted octanol–water partition coefficient (Wildman–Crippen LogP) is 3.82. The smallest absolute Gasteiger partial charge is 0.156 e. The zero-order chi connectivity index (χ0) is 11.9. The normalized spacial score (nSPS) is 29.2. The number of aliphatic imine (C=N–C) groups is 1. The molecular weight excluding hydrogens is 228 g/mol. The summed E-state index contributed by atoms with van der Waals surface area (Å²) >= 11 is 1.91. The standard InChI is InChI=1S/C14H26N2S/c1-2-13-9-11-17-14(16-13)15-10-8-12-6-4-3-5-7-12/h12-13H,2-11H2,1H3,(H,15,16). The van der Waals surface area contributed by atoms with Crippen LogP contribution in [-0.2, 0) is 0 Å². The fourth-order valence-corrected chi connectivity index (χ4v) is 3.84. The molecule has 1 aliphatic carbocycles. The molecule has 1 saturated carbocycles. The summed E-state index contributed by atoms with van der Waals surface area (Å²) < 4.78 is 0. The Bertz CT molecular complexity index is 247. The van der Waals surface area contributed by atoms with Crippen molar-refractivity contribution in [3.63, 3.8) is 0 Å². The van der Waals surface area contributed by atoms with Crippen molar-refractivity contribution in [1.82, 2.24) is 5.32 Å². The summed E-state index contributed by atoms with van der Waals surface area (Å²) in [6.07, 6.45) is 11.1. The van der Waals surface area contributed by atoms with E-state index >= 15 is 0 Å². The molecule has 2 nitrogen and oxygen atoms in total. The second-order valence-corrected chi connectivity index (χ2v) is 6.45. The van der Waals surface area contributed by atoms with Crippen LogP contribution in [0.1, 0.15) is 58.3 Å². The molecule has 1 heterocycles. The first-order valence-corrected chi connectivity index (χ1v) is 8.31. The molecule has 1 unspecified atom stereocenters. The fraction of sp³-hybridized carbons (Fsp3) is 0.929. The van der Waals surface area contributed by atoms with E-state index < -0.39 is 0 Å². The van der Waals surface area contributed by atoms with E-state index in [9.17, 15) is 0 Å². The third-order valence-corrected chi connectivity index (χ3v) is 5.00. The maximum absolute atomic E-state index is 4.74. The molecule has 98 valence electrons. The molecule has 0 aromatic heterocycles. The van der Waals surface area contributed by atoms with Crippen molar-refractivity contribution in [3.8, 4) is 0 Å². The number of hydrogen-bond acceptors (Lipinski definition) is 2. The van der Waals surface area contributed by atoms with Crippen molar-refractivity contribution >= 4 is 16.9 Å². The summed E-state index contributed by atoms with van der Waals surface area (Å²) in [5, 5.41) is 4.76. The van der Waals surface area contributed by atoms with Gasteiger partial charge in [0.2, 0.25) is 0 Å². The van der Waals surface area contributed by atoms with Gasteiger partial charge >= 0.3 is 0 Å². The van der Waals surface area contributed by atoms with Gasteiger partial charge in [0.15, 0.2) is 5.17 Å². The Morgan fingerprint density at radius 2 is 2.06 bits per heavy atom. The van der Waals surface area contributed by atoms with Gasteiger partial charge in [-0.05, 0) is 25.2 Å². The average Bonchev–Trinajstić information content (AvgIpc) is 2.40. The van der Waals surface area contributed by atoms with Crippen molar-refractivity contribution in [3.05, 3.63) is 0 Å². The highest BCUT2D eigenvalue weighted by Crippen LogP contribution is 2.26. The molecule has 0 amide bonds. The number of hydrogen-bond donors (Lipinski definition) is 1. The van der Waals surface area contributed by atoms with E-state index in [2.05, 4.69) is 12.2 Å². The van der Waals surface area contributed by atoms with E-state index in [1.54, 1.807) is 0 Å². The molecule has 0 bridgehead atoms. The van der Waals surface area contributed by atoms with Crippen molar-refractivity contribution in [1.29, 1.82) is 0 Å². The first-order valence-electron chi connectivity index (χ1n) is 7.32. The summed E-state index contributed by atoms with van der Waals surface area (Å²) in [6.45, 7) is 3.30. The Hall–Kier alpha value is -0.180. The first-order chi connectivity index (χ1) is 8.38. The topological polar surface area (TPSA) is 24.4 Å². The lowest BCUT2D eigenvalue weighted by Crippen LogP contribution is -2.37. The minimum absolute atomic E-state index is 0.671. The molecule has 3 heteroatoms. The largest absolute Gasteiger partial charge is 0.362 e. The molecule has 2 rings (SSSR count). The molecular formula is C14H26N2S. The minimum Gasteiger partial charge on any atom is -0.362 e. The molecule has 1 N–H and O–H groups in total. The highest BCUT2D eigenvalue weighted by molar-refractivity contribution is 8.13. The zero-order valence-electron chi connectivity index (χ0n) is 11.1. The Morgan fingerprint density at radius 3 is 2.82 bits per heavy atom. The molecule has 17 heavy (non-hydrogen) atoms. The van der Waals surface area contributed by atoms with Crippen LogP contribution in [0.3, 0.4) is 0 Å². The summed E-state index contributed by atoms with van der Waals surface area (Å²) in [6, 6.07) is 0.671. The molecule has 1 aliphatic heterocycles. The second kappa shape index (κ2) is 7.30. The van der Waals surface area contributed by atoms with Crippen LogP contribution in [0.4, 0.5) is 0 Å². The second-order valence-electron chi connectivity index (χ2n) is 5.37. The van der Waals surface area contributed by atoms with Crippen LogP contribution in [0.25, 0.3) is 0 Å². The van der Waals surface area contributed by atoms with Crippen molar-refractivity contribution in [2.24, 2.45) is 10.9 Å². The van der Waals surface area contributed by atoms with Gasteiger partial charge in [-0.1, -0.05) is 50.8 Å². The van der Waals surface area contributed by atoms with E-state index in [4.69, 9.17) is 4.99 Å². The monoisotopic (exact) mass is 254 g/mol. The minimum atomic E-state index is 0.671. The summed E-state index contributed by atoms with van der Waals surface area (Å²) in [5.41, 5.74) is 0. The molecule has 2 aliphatic rings. The van der Waals surface area contributed by atoms with Crippen LogP contribution in [0.15, 0.2) is 4.99 Å². The first kappa shape index (κ1) is 13.3. The maximum Gasteiger partial charge on any atom is 0.156 e. The number of nitrogens with one attached hydrogen (secondary N) is 1. The maximum atomic E-state index is 4.74. The van der Waals surface area contributed by atoms with Crippen LogP contribution in [-0.4, -0.2) is 23.5 Å². The van der Waals surface area contributed by atoms with Gasteiger partial charge in [-0.3, -0.25) is 4.99 Å². The molecule has 2 fully saturated rings. The molecule has 1 saturated heterocycles. The molecule has 0 radical (unpaired) electrons. The Morgan fingerprint density at radius 1 is 1.24 bits per heavy atom. The molecule has 0 aromatic carbocycles. The Kier molecular flexibility index (Phi) is 5.69. The fourth-order valence-electron chi connectivity index (χ4n) is 2.81. The third-order valence-electron chi connectivity index (χ3n) is 4.04. The van der Waals surface area contributed by atoms with Gasteiger partial charge in [0.25, 0.3) is 0 Å². The van der Waals surface area contributed by atoms with Gasteiger partial charge in [0.1, 0.15) is 0 Å². The number of thioether (sulfide) groups is 1. The molecule has 0 spiro atoms. The van der Waals surface area contributed by atoms with E-state index in [1.165, 1.54) is 62.3 Å². The Labute approximate surface area is 110 Å². The summed E-state index contributed by atoms with van der Waals surface area (Å²) in [5.74, 6) is 2.21. The van der Waals surface area contributed by atoms with Gasteiger partial charge in [-0.2, -0.15) is 0 Å². The van der Waals surface area contributed by atoms with Gasteiger partial charge in [-0.15, -0.1) is 0 Å². The molecule has 0 aromatic rings. The summed E-state index contributed by atoms with van der Waals surface area (Å²) in [7, 11) is 0. The lowest BCUT2D eigenvalue weighted by Gasteiger charge is -2.25. The SMILES string of the molecule is CCC1CCSC(=NCCC2CCCCC2)N1. The zero-order valence-corrected chi connectivity index (χ0v) is 11.9. The van der Waals surface area contributed by atoms with Crippen LogP contribution < -0.4 is 5.32 Å². The lowest BCUT2D eigenvalue weighted by atomic mass is 9.87.